The highest BCUT2D eigenvalue weighted by atomic mass is 32.2. The largest absolute Gasteiger partial charge is 0.347 e. The summed E-state index contributed by atoms with van der Waals surface area (Å²) in [5.41, 5.74) is 0. The molecule has 26 heavy (non-hydrogen) atoms. The van der Waals surface area contributed by atoms with Crippen LogP contribution >= 0.6 is 0 Å². The van der Waals surface area contributed by atoms with Crippen LogP contribution in [0.4, 0.5) is 5.95 Å². The van der Waals surface area contributed by atoms with E-state index in [1.807, 2.05) is 18.4 Å². The van der Waals surface area contributed by atoms with Gasteiger partial charge in [0.25, 0.3) is 5.91 Å². The zero-order valence-electron chi connectivity index (χ0n) is 15.6. The zero-order valence-corrected chi connectivity index (χ0v) is 16.4. The lowest BCUT2D eigenvalue weighted by Gasteiger charge is -2.32. The number of nitrogens with zero attached hydrogens (tertiary/aromatic N) is 4. The Kier molecular flexibility index (Phi) is 5.52. The number of anilines is 1. The molecule has 3 rings (SSSR count). The summed E-state index contributed by atoms with van der Waals surface area (Å²) >= 11 is 0. The molecule has 0 spiro atoms. The van der Waals surface area contributed by atoms with Crippen LogP contribution in [0.2, 0.25) is 0 Å². The molecule has 2 heterocycles. The third-order valence-corrected chi connectivity index (χ3v) is 5.41. The van der Waals surface area contributed by atoms with Crippen LogP contribution < -0.4 is 14.9 Å². The maximum absolute atomic E-state index is 12.5. The van der Waals surface area contributed by atoms with E-state index in [4.69, 9.17) is 0 Å². The van der Waals surface area contributed by atoms with Crippen molar-refractivity contribution in [3.63, 3.8) is 0 Å². The highest BCUT2D eigenvalue weighted by Gasteiger charge is 2.31. The molecule has 1 amide bonds. The van der Waals surface area contributed by atoms with Gasteiger partial charge < -0.3 is 10.2 Å². The van der Waals surface area contributed by atoms with Gasteiger partial charge in [-0.3, -0.25) is 9.36 Å². The third-order valence-electron chi connectivity index (χ3n) is 4.65. The summed E-state index contributed by atoms with van der Waals surface area (Å²) in [4.78, 5) is 14.6. The fraction of sp³-hybridized carbons (Fsp3) is 0.812. The van der Waals surface area contributed by atoms with Crippen LogP contribution in [0.15, 0.2) is 0 Å². The topological polar surface area (TPSA) is 109 Å². The first kappa shape index (κ1) is 19.1. The Labute approximate surface area is 154 Å². The van der Waals surface area contributed by atoms with Gasteiger partial charge in [0, 0.05) is 31.7 Å². The molecule has 1 aliphatic carbocycles. The summed E-state index contributed by atoms with van der Waals surface area (Å²) in [5, 5.41) is 11.3. The van der Waals surface area contributed by atoms with Crippen molar-refractivity contribution >= 4 is 21.9 Å². The number of amides is 1. The van der Waals surface area contributed by atoms with Crippen molar-refractivity contribution in [1.29, 1.82) is 0 Å². The van der Waals surface area contributed by atoms with Crippen molar-refractivity contribution in [3.8, 4) is 0 Å². The number of carbonyl (C=O) groups excluding carboxylic acids is 1. The molecule has 0 atom stereocenters. The average molecular weight is 385 g/mol. The van der Waals surface area contributed by atoms with Crippen molar-refractivity contribution in [3.05, 3.63) is 5.82 Å². The van der Waals surface area contributed by atoms with E-state index in [9.17, 15) is 13.2 Å². The zero-order chi connectivity index (χ0) is 18.9. The summed E-state index contributed by atoms with van der Waals surface area (Å²) in [6.45, 7) is 5.95. The second-order valence-corrected chi connectivity index (χ2v) is 9.44. The van der Waals surface area contributed by atoms with Crippen LogP contribution in [0.3, 0.4) is 0 Å². The van der Waals surface area contributed by atoms with Crippen LogP contribution in [0.25, 0.3) is 0 Å². The molecule has 2 fully saturated rings. The van der Waals surface area contributed by atoms with E-state index in [1.54, 1.807) is 0 Å². The molecular formula is C16H28N6O3S. The quantitative estimate of drug-likeness (QED) is 0.702. The highest BCUT2D eigenvalue weighted by molar-refractivity contribution is 7.88. The van der Waals surface area contributed by atoms with Gasteiger partial charge >= 0.3 is 0 Å². The Morgan fingerprint density at radius 2 is 1.85 bits per heavy atom. The van der Waals surface area contributed by atoms with Crippen LogP contribution in [-0.2, 0) is 16.6 Å². The number of carbonyl (C=O) groups is 1. The molecule has 1 aliphatic heterocycles. The average Bonchev–Trinajstić information content (AvgIpc) is 3.24. The molecule has 0 aromatic carbocycles. The van der Waals surface area contributed by atoms with E-state index in [1.165, 1.54) is 19.1 Å². The fourth-order valence-electron chi connectivity index (χ4n) is 3.25. The van der Waals surface area contributed by atoms with E-state index < -0.39 is 10.0 Å². The molecule has 9 nitrogen and oxygen atoms in total. The Hall–Kier alpha value is -1.68. The van der Waals surface area contributed by atoms with Gasteiger partial charge in [-0.1, -0.05) is 0 Å². The molecule has 0 unspecified atom stereocenters. The monoisotopic (exact) mass is 384 g/mol. The molecule has 2 aliphatic rings. The van der Waals surface area contributed by atoms with Crippen molar-refractivity contribution in [2.75, 3.05) is 24.2 Å². The number of aromatic nitrogens is 3. The predicted molar refractivity (Wildman–Crippen MR) is 98.6 cm³/mol. The van der Waals surface area contributed by atoms with E-state index >= 15 is 0 Å². The summed E-state index contributed by atoms with van der Waals surface area (Å²) in [6, 6.07) is -0.0143. The van der Waals surface area contributed by atoms with Gasteiger partial charge in [-0.05, 0) is 45.4 Å². The van der Waals surface area contributed by atoms with E-state index in [0.29, 0.717) is 43.6 Å². The third kappa shape index (κ3) is 4.94. The number of rotatable bonds is 7. The molecule has 1 saturated heterocycles. The van der Waals surface area contributed by atoms with E-state index in [2.05, 4.69) is 25.1 Å². The Balaban J connectivity index is 1.73. The maximum Gasteiger partial charge on any atom is 0.289 e. The number of nitrogens with one attached hydrogen (secondary N) is 2. The van der Waals surface area contributed by atoms with Crippen molar-refractivity contribution < 1.29 is 13.2 Å². The van der Waals surface area contributed by atoms with Crippen LogP contribution in [0, 0.1) is 5.92 Å². The van der Waals surface area contributed by atoms with Crippen molar-refractivity contribution in [2.45, 2.75) is 58.2 Å². The Morgan fingerprint density at radius 1 is 1.19 bits per heavy atom. The van der Waals surface area contributed by atoms with Crippen LogP contribution in [0.5, 0.6) is 0 Å². The summed E-state index contributed by atoms with van der Waals surface area (Å²) < 4.78 is 27.4. The van der Waals surface area contributed by atoms with E-state index in [0.717, 1.165) is 6.54 Å². The van der Waals surface area contributed by atoms with Gasteiger partial charge in [0.05, 0.1) is 6.26 Å². The Bertz CT molecular complexity index is 748. The summed E-state index contributed by atoms with van der Waals surface area (Å²) in [5.74, 6) is 1.45. The minimum Gasteiger partial charge on any atom is -0.347 e. The number of sulfonamides is 1. The maximum atomic E-state index is 12.5. The van der Waals surface area contributed by atoms with Gasteiger partial charge in [0.1, 0.15) is 0 Å². The molecule has 2 N–H and O–H groups in total. The Morgan fingerprint density at radius 3 is 2.38 bits per heavy atom. The minimum atomic E-state index is -3.19. The second-order valence-electron chi connectivity index (χ2n) is 7.66. The molecule has 1 aromatic heterocycles. The number of hydrogen-bond acceptors (Lipinski definition) is 6. The first-order valence-corrected chi connectivity index (χ1v) is 11.1. The molecule has 1 aromatic rings. The molecule has 10 heteroatoms. The van der Waals surface area contributed by atoms with Crippen molar-refractivity contribution in [2.24, 2.45) is 5.92 Å². The SMILES string of the molecule is CC(C)NC(=O)c1nnc(N2CCC(NS(C)(=O)=O)CC2)n1CC1CC1. The number of hydrogen-bond donors (Lipinski definition) is 2. The van der Waals surface area contributed by atoms with E-state index in [-0.39, 0.29) is 18.0 Å². The lowest BCUT2D eigenvalue weighted by Crippen LogP contribution is -2.45. The van der Waals surface area contributed by atoms with Crippen LogP contribution in [0.1, 0.15) is 50.1 Å². The first-order chi connectivity index (χ1) is 12.2. The first-order valence-electron chi connectivity index (χ1n) is 9.19. The van der Waals surface area contributed by atoms with Gasteiger partial charge in [-0.25, -0.2) is 13.1 Å². The second kappa shape index (κ2) is 7.51. The summed E-state index contributed by atoms with van der Waals surface area (Å²) in [7, 11) is -3.19. The molecule has 0 radical (unpaired) electrons. The lowest BCUT2D eigenvalue weighted by atomic mass is 10.1. The predicted octanol–water partition coefficient (Wildman–Crippen LogP) is 0.344. The summed E-state index contributed by atoms with van der Waals surface area (Å²) in [6.07, 6.45) is 4.94. The minimum absolute atomic E-state index is 0.0369. The fourth-order valence-corrected chi connectivity index (χ4v) is 4.09. The highest BCUT2D eigenvalue weighted by Crippen LogP contribution is 2.33. The van der Waals surface area contributed by atoms with Gasteiger partial charge in [-0.2, -0.15) is 0 Å². The number of piperidine rings is 1. The normalized spacial score (nSPS) is 19.2. The van der Waals surface area contributed by atoms with Gasteiger partial charge in [-0.15, -0.1) is 10.2 Å². The molecular weight excluding hydrogens is 356 g/mol. The van der Waals surface area contributed by atoms with Gasteiger partial charge in [0.2, 0.25) is 21.8 Å². The molecule has 1 saturated carbocycles. The standard InChI is InChI=1S/C16H28N6O3S/c1-11(2)17-15(23)14-18-19-16(22(14)10-12-4-5-12)21-8-6-13(7-9-21)20-26(3,24)25/h11-13,20H,4-10H2,1-3H3,(H,17,23). The molecule has 146 valence electrons. The van der Waals surface area contributed by atoms with Crippen LogP contribution in [-0.4, -0.2) is 60.5 Å². The smallest absolute Gasteiger partial charge is 0.289 e. The van der Waals surface area contributed by atoms with Crippen molar-refractivity contribution in [1.82, 2.24) is 24.8 Å². The lowest BCUT2D eigenvalue weighted by molar-refractivity contribution is 0.0927. The molecule has 0 bridgehead atoms. The van der Waals surface area contributed by atoms with Gasteiger partial charge in [0.15, 0.2) is 0 Å².